The Morgan fingerprint density at radius 3 is 2.76 bits per heavy atom. The molecule has 3 aliphatic rings. The lowest BCUT2D eigenvalue weighted by Crippen LogP contribution is -2.27. The van der Waals surface area contributed by atoms with Crippen molar-refractivity contribution in [1.29, 1.82) is 0 Å². The smallest absolute Gasteiger partial charge is 0.163 e. The first kappa shape index (κ1) is 23.1. The SMILES string of the molecule is Cc1ncnc2c1ccn2[C@@H]1C[C@H](CCc2ccc3ccc(NCC4CC4)nc3c2)[C@H]2OC(C)(C)O[C@H]21. The summed E-state index contributed by atoms with van der Waals surface area (Å²) < 4.78 is 15.3. The van der Waals surface area contributed by atoms with Crippen LogP contribution in [0.15, 0.2) is 48.9 Å². The Balaban J connectivity index is 1.11. The summed E-state index contributed by atoms with van der Waals surface area (Å²) in [6, 6.07) is 13.3. The average Bonchev–Trinajstić information content (AvgIpc) is 3.41. The zero-order valence-corrected chi connectivity index (χ0v) is 21.9. The standard InChI is InChI=1S/C30H35N5O2/c1-18-23-12-13-35(29(23)33-17-32-18)25-15-22(27-28(25)37-30(2,3)36-27)9-7-19-6-8-21-10-11-26(34-24(21)14-19)31-16-20-4-5-20/h6,8,10-14,17,20,22,25,27-28H,4-5,7,9,15-16H2,1-3H3,(H,31,34)/t22-,25+,27+,28-/m0/s1. The number of nitrogens with one attached hydrogen (secondary N) is 1. The van der Waals surface area contributed by atoms with Gasteiger partial charge in [-0.25, -0.2) is 15.0 Å². The van der Waals surface area contributed by atoms with Crippen LogP contribution in [0.5, 0.6) is 0 Å². The molecular weight excluding hydrogens is 462 g/mol. The van der Waals surface area contributed by atoms with Crippen LogP contribution in [0.2, 0.25) is 0 Å². The van der Waals surface area contributed by atoms with E-state index in [0.29, 0.717) is 5.92 Å². The Kier molecular flexibility index (Phi) is 5.48. The number of fused-ring (bicyclic) bond motifs is 3. The van der Waals surface area contributed by atoms with E-state index < -0.39 is 5.79 Å². The summed E-state index contributed by atoms with van der Waals surface area (Å²) in [7, 11) is 0. The topological polar surface area (TPSA) is 74.1 Å². The highest BCUT2D eigenvalue weighted by molar-refractivity contribution is 5.81. The first-order valence-electron chi connectivity index (χ1n) is 13.7. The highest BCUT2D eigenvalue weighted by Gasteiger charge is 2.54. The predicted molar refractivity (Wildman–Crippen MR) is 145 cm³/mol. The third-order valence-corrected chi connectivity index (χ3v) is 8.45. The van der Waals surface area contributed by atoms with Gasteiger partial charge in [0, 0.05) is 23.5 Å². The van der Waals surface area contributed by atoms with E-state index in [4.69, 9.17) is 14.5 Å². The molecule has 7 nitrogen and oxygen atoms in total. The van der Waals surface area contributed by atoms with Gasteiger partial charge in [0.25, 0.3) is 0 Å². The van der Waals surface area contributed by atoms with Gasteiger partial charge in [0.2, 0.25) is 0 Å². The van der Waals surface area contributed by atoms with Crippen LogP contribution in [0.25, 0.3) is 21.9 Å². The molecule has 0 unspecified atom stereocenters. The molecular formula is C30H35N5O2. The van der Waals surface area contributed by atoms with E-state index >= 15 is 0 Å². The van der Waals surface area contributed by atoms with Gasteiger partial charge < -0.3 is 19.4 Å². The fourth-order valence-electron chi connectivity index (χ4n) is 6.32. The van der Waals surface area contributed by atoms with Crippen molar-refractivity contribution in [1.82, 2.24) is 19.5 Å². The van der Waals surface area contributed by atoms with Crippen LogP contribution in [0.1, 0.15) is 56.8 Å². The van der Waals surface area contributed by atoms with Crippen LogP contribution in [0, 0.1) is 18.8 Å². The molecule has 4 atom stereocenters. The lowest BCUT2D eigenvalue weighted by atomic mass is 9.95. The van der Waals surface area contributed by atoms with Crippen molar-refractivity contribution >= 4 is 27.8 Å². The minimum atomic E-state index is -0.573. The van der Waals surface area contributed by atoms with E-state index in [9.17, 15) is 0 Å². The molecule has 3 fully saturated rings. The second kappa shape index (κ2) is 8.77. The molecule has 2 aliphatic carbocycles. The van der Waals surface area contributed by atoms with E-state index in [-0.39, 0.29) is 18.2 Å². The molecule has 7 rings (SSSR count). The molecule has 1 aromatic carbocycles. The van der Waals surface area contributed by atoms with E-state index in [1.54, 1.807) is 6.33 Å². The van der Waals surface area contributed by atoms with Gasteiger partial charge in [-0.2, -0.15) is 0 Å². The van der Waals surface area contributed by atoms with E-state index in [0.717, 1.165) is 59.8 Å². The second-order valence-corrected chi connectivity index (χ2v) is 11.6. The van der Waals surface area contributed by atoms with Gasteiger partial charge in [-0.15, -0.1) is 0 Å². The van der Waals surface area contributed by atoms with E-state index in [1.165, 1.54) is 23.8 Å². The lowest BCUT2D eigenvalue weighted by Gasteiger charge is -2.24. The van der Waals surface area contributed by atoms with Crippen LogP contribution in [0.4, 0.5) is 5.82 Å². The van der Waals surface area contributed by atoms with Gasteiger partial charge in [0.05, 0.1) is 23.4 Å². The van der Waals surface area contributed by atoms with Crippen LogP contribution in [-0.4, -0.2) is 44.1 Å². The maximum atomic E-state index is 6.49. The number of hydrogen-bond acceptors (Lipinski definition) is 6. The maximum Gasteiger partial charge on any atom is 0.163 e. The molecule has 1 aliphatic heterocycles. The second-order valence-electron chi connectivity index (χ2n) is 11.6. The quantitative estimate of drug-likeness (QED) is 0.347. The molecule has 0 radical (unpaired) electrons. The number of anilines is 1. The molecule has 7 heteroatoms. The number of pyridine rings is 1. The van der Waals surface area contributed by atoms with Gasteiger partial charge >= 0.3 is 0 Å². The van der Waals surface area contributed by atoms with Crippen molar-refractivity contribution in [2.24, 2.45) is 11.8 Å². The van der Waals surface area contributed by atoms with Crippen molar-refractivity contribution in [3.8, 4) is 0 Å². The minimum Gasteiger partial charge on any atom is -0.370 e. The van der Waals surface area contributed by atoms with Crippen molar-refractivity contribution in [2.45, 2.75) is 76.9 Å². The summed E-state index contributed by atoms with van der Waals surface area (Å²) >= 11 is 0. The zero-order valence-electron chi connectivity index (χ0n) is 21.9. The van der Waals surface area contributed by atoms with Crippen molar-refractivity contribution in [2.75, 3.05) is 11.9 Å². The number of hydrogen-bond donors (Lipinski definition) is 1. The highest BCUT2D eigenvalue weighted by atomic mass is 16.8. The molecule has 4 heterocycles. The van der Waals surface area contributed by atoms with Crippen LogP contribution >= 0.6 is 0 Å². The number of aromatic nitrogens is 4. The molecule has 192 valence electrons. The highest BCUT2D eigenvalue weighted by Crippen LogP contribution is 2.49. The Hall–Kier alpha value is -3.03. The summed E-state index contributed by atoms with van der Waals surface area (Å²) in [5, 5.41) is 5.80. The zero-order chi connectivity index (χ0) is 25.1. The number of ether oxygens (including phenoxy) is 2. The van der Waals surface area contributed by atoms with Gasteiger partial charge in [-0.1, -0.05) is 12.1 Å². The van der Waals surface area contributed by atoms with Crippen molar-refractivity contribution < 1.29 is 9.47 Å². The summed E-state index contributed by atoms with van der Waals surface area (Å²) in [6.45, 7) is 7.13. The van der Waals surface area contributed by atoms with Crippen molar-refractivity contribution in [3.05, 3.63) is 60.2 Å². The monoisotopic (exact) mass is 497 g/mol. The molecule has 0 bridgehead atoms. The van der Waals surface area contributed by atoms with Gasteiger partial charge in [0.1, 0.15) is 23.9 Å². The summed E-state index contributed by atoms with van der Waals surface area (Å²) in [6.07, 6.45) is 9.65. The number of aryl methyl sites for hydroxylation is 2. The molecule has 2 saturated carbocycles. The van der Waals surface area contributed by atoms with Gasteiger partial charge in [-0.3, -0.25) is 0 Å². The van der Waals surface area contributed by atoms with E-state index in [2.05, 4.69) is 62.4 Å². The molecule has 0 spiro atoms. The Morgan fingerprint density at radius 2 is 1.89 bits per heavy atom. The molecule has 37 heavy (non-hydrogen) atoms. The van der Waals surface area contributed by atoms with Crippen LogP contribution in [0.3, 0.4) is 0 Å². The molecule has 0 amide bonds. The van der Waals surface area contributed by atoms with E-state index in [1.807, 2.05) is 20.8 Å². The predicted octanol–water partition coefficient (Wildman–Crippen LogP) is 5.82. The Bertz CT molecular complexity index is 1460. The number of rotatable bonds is 7. The average molecular weight is 498 g/mol. The van der Waals surface area contributed by atoms with Crippen molar-refractivity contribution in [3.63, 3.8) is 0 Å². The summed E-state index contributed by atoms with van der Waals surface area (Å²) in [5.74, 6) is 1.65. The van der Waals surface area contributed by atoms with Gasteiger partial charge in [-0.05, 0) is 94.5 Å². The fourth-order valence-corrected chi connectivity index (χ4v) is 6.32. The van der Waals surface area contributed by atoms with Crippen LogP contribution in [-0.2, 0) is 15.9 Å². The lowest BCUT2D eigenvalue weighted by molar-refractivity contribution is -0.160. The molecule has 1 saturated heterocycles. The minimum absolute atomic E-state index is 0.0178. The number of nitrogens with zero attached hydrogens (tertiary/aromatic N) is 4. The molecule has 3 aromatic heterocycles. The normalized spacial score (nSPS) is 26.7. The third-order valence-electron chi connectivity index (χ3n) is 8.45. The third kappa shape index (κ3) is 4.38. The van der Waals surface area contributed by atoms with Crippen LogP contribution < -0.4 is 5.32 Å². The Labute approximate surface area is 217 Å². The largest absolute Gasteiger partial charge is 0.370 e. The summed E-state index contributed by atoms with van der Waals surface area (Å²) in [4.78, 5) is 13.9. The summed E-state index contributed by atoms with van der Waals surface area (Å²) in [5.41, 5.74) is 4.38. The maximum absolute atomic E-state index is 6.49. The molecule has 4 aromatic rings. The number of benzene rings is 1. The van der Waals surface area contributed by atoms with Gasteiger partial charge in [0.15, 0.2) is 5.79 Å². The molecule has 1 N–H and O–H groups in total. The Morgan fingerprint density at radius 1 is 1.05 bits per heavy atom. The fraction of sp³-hybridized carbons (Fsp3) is 0.500. The first-order chi connectivity index (χ1) is 17.9. The first-order valence-corrected chi connectivity index (χ1v) is 13.7.